The van der Waals surface area contributed by atoms with E-state index in [1.54, 1.807) is 13.0 Å². The van der Waals surface area contributed by atoms with Crippen molar-refractivity contribution in [3.05, 3.63) is 47.6 Å². The highest BCUT2D eigenvalue weighted by Gasteiger charge is 2.73. The van der Waals surface area contributed by atoms with Crippen molar-refractivity contribution >= 4 is 17.5 Å². The van der Waals surface area contributed by atoms with Gasteiger partial charge in [-0.3, -0.25) is 14.4 Å². The van der Waals surface area contributed by atoms with E-state index in [1.807, 2.05) is 20.8 Å². The Labute approximate surface area is 263 Å². The first kappa shape index (κ1) is 34.8. The van der Waals surface area contributed by atoms with E-state index in [1.165, 1.54) is 30.4 Å². The Morgan fingerprint density at radius 3 is 2.49 bits per heavy atom. The number of halogens is 2. The molecule has 0 aromatic heterocycles. The van der Waals surface area contributed by atoms with E-state index < -0.39 is 46.6 Å². The lowest BCUT2D eigenvalue weighted by atomic mass is 9.45. The summed E-state index contributed by atoms with van der Waals surface area (Å²) in [6, 6.07) is 4.71. The summed E-state index contributed by atoms with van der Waals surface area (Å²) < 4.78 is 37.7. The van der Waals surface area contributed by atoms with Crippen molar-refractivity contribution in [2.24, 2.45) is 40.2 Å². The van der Waals surface area contributed by atoms with Gasteiger partial charge in [-0.2, -0.15) is 0 Å². The maximum absolute atomic E-state index is 17.1. The van der Waals surface area contributed by atoms with Gasteiger partial charge in [0.15, 0.2) is 28.7 Å². The molecule has 248 valence electrons. The van der Waals surface area contributed by atoms with Crippen LogP contribution in [0.5, 0.6) is 11.5 Å². The summed E-state index contributed by atoms with van der Waals surface area (Å²) in [6.07, 6.45) is 3.92. The number of carbonyl (C=O) groups is 3. The topological polar surface area (TPSA) is 147 Å². The van der Waals surface area contributed by atoms with Crippen LogP contribution in [-0.2, 0) is 25.5 Å². The van der Waals surface area contributed by atoms with Gasteiger partial charge in [0.1, 0.15) is 12.8 Å². The van der Waals surface area contributed by atoms with Crippen LogP contribution in [0.4, 0.5) is 8.78 Å². The maximum atomic E-state index is 17.1. The molecule has 10 heteroatoms. The van der Waals surface area contributed by atoms with Gasteiger partial charge >= 0.3 is 5.97 Å². The first-order chi connectivity index (χ1) is 21.1. The molecule has 1 aromatic carbocycles. The van der Waals surface area contributed by atoms with E-state index in [-0.39, 0.29) is 66.3 Å². The number of allylic oxidation sites excluding steroid dienone is 4. The number of hydrogen-bond donors (Lipinski definition) is 4. The molecular weight excluding hydrogens is 584 g/mol. The van der Waals surface area contributed by atoms with Crippen LogP contribution in [0.2, 0.25) is 0 Å². The molecule has 3 fully saturated rings. The highest BCUT2D eigenvalue weighted by molar-refractivity contribution is 6.01. The van der Waals surface area contributed by atoms with Crippen molar-refractivity contribution in [3.63, 3.8) is 0 Å². The number of benzene rings is 1. The molecule has 0 spiro atoms. The first-order valence-corrected chi connectivity index (χ1v) is 16.0. The predicted octanol–water partition coefficient (Wildman–Crippen LogP) is 5.07. The average Bonchev–Trinajstić information content (AvgIpc) is 3.25. The van der Waals surface area contributed by atoms with E-state index in [0.29, 0.717) is 25.8 Å². The molecule has 0 heterocycles. The van der Waals surface area contributed by atoms with Crippen molar-refractivity contribution < 1.29 is 43.2 Å². The number of unbranched alkanes of at least 4 members (excludes halogenated alkanes) is 1. The molecule has 0 radical (unpaired) electrons. The molecular formula is C35H47F2NO7. The van der Waals surface area contributed by atoms with Gasteiger partial charge in [0.05, 0.1) is 6.10 Å². The number of ether oxygens (including phenoxy) is 1. The number of Topliss-reactive ketones (excluding diaryl/α,β-unsaturated/α-hetero) is 1. The normalized spacial score (nSPS) is 36.5. The zero-order chi connectivity index (χ0) is 33.3. The van der Waals surface area contributed by atoms with Gasteiger partial charge in [0.25, 0.3) is 0 Å². The van der Waals surface area contributed by atoms with E-state index in [0.717, 1.165) is 12.0 Å². The summed E-state index contributed by atoms with van der Waals surface area (Å²) in [5.41, 5.74) is 2.02. The van der Waals surface area contributed by atoms with Crippen molar-refractivity contribution in [3.8, 4) is 11.5 Å². The third kappa shape index (κ3) is 6.20. The number of aliphatic hydroxyl groups excluding tert-OH is 1. The van der Waals surface area contributed by atoms with Crippen molar-refractivity contribution in [1.29, 1.82) is 0 Å². The fourth-order valence-electron chi connectivity index (χ4n) is 8.78. The maximum Gasteiger partial charge on any atom is 0.306 e. The predicted molar refractivity (Wildman–Crippen MR) is 165 cm³/mol. The second kappa shape index (κ2) is 13.3. The molecule has 3 saturated carbocycles. The Morgan fingerprint density at radius 2 is 1.84 bits per heavy atom. The SMILES string of the molecule is CCCCC(=O)OCC(=O)[C@H]1[C@H](C)C[C@H]2[C@@H]3C[C@H](F)C4=CC(=O)C=C[C@]4(C)[C@@]3(F)[C@@H](O)C[C@@]21C.NCCc1ccc(O)c(O)c1. The zero-order valence-electron chi connectivity index (χ0n) is 26.6. The second-order valence-corrected chi connectivity index (χ2v) is 13.7. The van der Waals surface area contributed by atoms with Gasteiger partial charge in [-0.25, -0.2) is 8.78 Å². The van der Waals surface area contributed by atoms with Gasteiger partial charge in [-0.05, 0) is 98.2 Å². The molecule has 8 nitrogen and oxygen atoms in total. The highest BCUT2D eigenvalue weighted by atomic mass is 19.1. The Kier molecular flexibility index (Phi) is 10.3. The summed E-state index contributed by atoms with van der Waals surface area (Å²) in [5, 5.41) is 29.3. The summed E-state index contributed by atoms with van der Waals surface area (Å²) in [5.74, 6) is -2.93. The number of phenolic OH excluding ortho intramolecular Hbond substituents is 2. The molecule has 0 aliphatic heterocycles. The zero-order valence-corrected chi connectivity index (χ0v) is 26.6. The fourth-order valence-corrected chi connectivity index (χ4v) is 8.78. The molecule has 45 heavy (non-hydrogen) atoms. The van der Waals surface area contributed by atoms with Crippen LogP contribution in [0.1, 0.15) is 71.8 Å². The number of hydrogen-bond acceptors (Lipinski definition) is 8. The summed E-state index contributed by atoms with van der Waals surface area (Å²) in [7, 11) is 0. The average molecular weight is 632 g/mol. The van der Waals surface area contributed by atoms with Crippen molar-refractivity contribution in [1.82, 2.24) is 0 Å². The summed E-state index contributed by atoms with van der Waals surface area (Å²) in [4.78, 5) is 37.1. The lowest BCUT2D eigenvalue weighted by Gasteiger charge is -2.62. The first-order valence-electron chi connectivity index (χ1n) is 16.0. The van der Waals surface area contributed by atoms with E-state index >= 15 is 8.78 Å². The standard InChI is InChI=1S/C27H36F2O5.C8H11NO2/c1-5-6-7-23(33)34-14-21(31)24-15(2)10-17-18-12-20(28)19-11-16(30)8-9-26(19,4)27(18,29)22(32)13-25(17,24)3;9-4-3-6-1-2-7(10)8(11)5-6/h8-9,11,15,17-18,20,22,24,32H,5-7,10,12-14H2,1-4H3;1-2,5,10-11H,3-4,9H2/t15-,17+,18+,20+,22+,24-,25+,26+,27+;/m1./s1. The fraction of sp³-hybridized carbons (Fsp3) is 0.629. The number of aliphatic hydroxyl groups is 1. The van der Waals surface area contributed by atoms with Crippen LogP contribution in [0, 0.1) is 34.5 Å². The Morgan fingerprint density at radius 1 is 1.13 bits per heavy atom. The minimum Gasteiger partial charge on any atom is -0.504 e. The summed E-state index contributed by atoms with van der Waals surface area (Å²) >= 11 is 0. The largest absolute Gasteiger partial charge is 0.504 e. The van der Waals surface area contributed by atoms with Crippen LogP contribution < -0.4 is 5.73 Å². The van der Waals surface area contributed by atoms with Crippen LogP contribution in [0.3, 0.4) is 0 Å². The number of fused-ring (bicyclic) bond motifs is 5. The third-order valence-electron chi connectivity index (χ3n) is 10.9. The van der Waals surface area contributed by atoms with Gasteiger partial charge in [0, 0.05) is 23.7 Å². The lowest BCUT2D eigenvalue weighted by molar-refractivity contribution is -0.202. The monoisotopic (exact) mass is 631 g/mol. The van der Waals surface area contributed by atoms with Gasteiger partial charge in [-0.15, -0.1) is 0 Å². The molecule has 1 aromatic rings. The van der Waals surface area contributed by atoms with E-state index in [9.17, 15) is 19.5 Å². The minimum absolute atomic E-state index is 0.0524. The number of rotatable bonds is 8. The Hall–Kier alpha value is -3.11. The van der Waals surface area contributed by atoms with E-state index in [4.69, 9.17) is 20.7 Å². The number of carbonyl (C=O) groups excluding carboxylic acids is 3. The van der Waals surface area contributed by atoms with Gasteiger partial charge in [0.2, 0.25) is 0 Å². The van der Waals surface area contributed by atoms with Crippen LogP contribution >= 0.6 is 0 Å². The molecule has 5 N–H and O–H groups in total. The van der Waals surface area contributed by atoms with Crippen LogP contribution in [0.25, 0.3) is 0 Å². The Balaban J connectivity index is 0.000000354. The van der Waals surface area contributed by atoms with Gasteiger partial charge in [-0.1, -0.05) is 39.3 Å². The second-order valence-electron chi connectivity index (χ2n) is 13.7. The lowest BCUT2D eigenvalue weighted by Crippen LogP contribution is -2.68. The summed E-state index contributed by atoms with van der Waals surface area (Å²) in [6.45, 7) is 7.58. The van der Waals surface area contributed by atoms with Crippen molar-refractivity contribution in [2.75, 3.05) is 13.2 Å². The van der Waals surface area contributed by atoms with Crippen LogP contribution in [-0.4, -0.2) is 64.0 Å². The van der Waals surface area contributed by atoms with Crippen LogP contribution in [0.15, 0.2) is 42.0 Å². The highest BCUT2D eigenvalue weighted by Crippen LogP contribution is 2.70. The van der Waals surface area contributed by atoms with Gasteiger partial charge < -0.3 is 25.8 Å². The molecule has 0 bridgehead atoms. The number of nitrogens with two attached hydrogens (primary N) is 1. The smallest absolute Gasteiger partial charge is 0.306 e. The van der Waals surface area contributed by atoms with E-state index in [2.05, 4.69) is 0 Å². The molecule has 4 aliphatic rings. The molecule has 9 atom stereocenters. The molecule has 0 unspecified atom stereocenters. The number of alkyl halides is 2. The minimum atomic E-state index is -2.15. The molecule has 5 rings (SSSR count). The number of esters is 1. The molecule has 0 amide bonds. The number of phenols is 2. The molecule has 4 aliphatic carbocycles. The quantitative estimate of drug-likeness (QED) is 0.230. The van der Waals surface area contributed by atoms with Crippen molar-refractivity contribution in [2.45, 2.75) is 90.6 Å². The number of ketones is 2. The number of aromatic hydroxyl groups is 2. The molecule has 0 saturated heterocycles. The Bertz CT molecular complexity index is 1360. The third-order valence-corrected chi connectivity index (χ3v) is 10.9.